The van der Waals surface area contributed by atoms with Gasteiger partial charge in [-0.25, -0.2) is 10.9 Å². The van der Waals surface area contributed by atoms with Crippen LogP contribution in [0.2, 0.25) is 0 Å². The molecule has 17 heteroatoms. The van der Waals surface area contributed by atoms with E-state index in [1.54, 1.807) is 32.9 Å². The Morgan fingerprint density at radius 3 is 1.84 bits per heavy atom. The minimum atomic E-state index is -1.26. The van der Waals surface area contributed by atoms with Crippen LogP contribution in [-0.4, -0.2) is 94.7 Å². The number of amides is 4. The molecule has 1 aromatic rings. The minimum Gasteiger partial charge on any atom is -0.508 e. The largest absolute Gasteiger partial charge is 0.508 e. The Bertz CT molecular complexity index is 1690. The normalized spacial score (nSPS) is 16.8. The highest BCUT2D eigenvalue weighted by Gasteiger charge is 2.36. The second-order valence-corrected chi connectivity index (χ2v) is 17.5. The maximum atomic E-state index is 13.6. The van der Waals surface area contributed by atoms with Crippen molar-refractivity contribution in [2.45, 2.75) is 178 Å². The molecule has 0 saturated heterocycles. The first-order valence-electron chi connectivity index (χ1n) is 22.5. The molecule has 1 rings (SSSR count). The summed E-state index contributed by atoms with van der Waals surface area (Å²) in [5.74, 6) is -1.92. The molecular weight excluding hydrogens is 821 g/mol. The molecule has 17 nitrogen and oxygen atoms in total. The van der Waals surface area contributed by atoms with Crippen LogP contribution in [0.15, 0.2) is 48.6 Å². The lowest BCUT2D eigenvalue weighted by atomic mass is 9.86. The summed E-state index contributed by atoms with van der Waals surface area (Å²) >= 11 is 0. The first kappa shape index (κ1) is 56.9. The lowest BCUT2D eigenvalue weighted by Gasteiger charge is -2.32. The molecule has 0 bridgehead atoms. The van der Waals surface area contributed by atoms with Gasteiger partial charge in [-0.15, -0.1) is 0 Å². The van der Waals surface area contributed by atoms with E-state index in [0.29, 0.717) is 83.1 Å². The van der Waals surface area contributed by atoms with Gasteiger partial charge in [-0.05, 0) is 115 Å². The Hall–Kier alpha value is -5.10. The van der Waals surface area contributed by atoms with Crippen molar-refractivity contribution < 1.29 is 43.5 Å². The van der Waals surface area contributed by atoms with E-state index in [4.69, 9.17) is 17.2 Å². The molecule has 0 spiro atoms. The van der Waals surface area contributed by atoms with Gasteiger partial charge in [0.1, 0.15) is 36.4 Å². The number of carbonyl (C=O) groups is 8. The predicted octanol–water partition coefficient (Wildman–Crippen LogP) is 2.95. The predicted molar refractivity (Wildman–Crippen MR) is 247 cm³/mol. The number of hydrogen-bond donors (Lipinski definition) is 9. The van der Waals surface area contributed by atoms with Crippen LogP contribution in [0.5, 0.6) is 5.75 Å². The molecule has 0 unspecified atom stereocenters. The van der Waals surface area contributed by atoms with Crippen LogP contribution in [0.25, 0.3) is 0 Å². The maximum Gasteiger partial charge on any atom is 0.241 e. The summed E-state index contributed by atoms with van der Waals surface area (Å²) in [6, 6.07) is 3.22. The molecule has 8 atom stereocenters. The molecule has 12 N–H and O–H groups in total. The smallest absolute Gasteiger partial charge is 0.241 e. The maximum absolute atomic E-state index is 13.6. The highest BCUT2D eigenvalue weighted by atomic mass is 16.3. The van der Waals surface area contributed by atoms with Crippen molar-refractivity contribution in [3.05, 3.63) is 54.1 Å². The number of nitrogens with two attached hydrogens (primary N) is 3. The van der Waals surface area contributed by atoms with Crippen LogP contribution in [0, 0.1) is 5.92 Å². The van der Waals surface area contributed by atoms with Crippen LogP contribution >= 0.6 is 0 Å². The number of benzene rings is 1. The third-order valence-electron chi connectivity index (χ3n) is 11.4. The number of phenols is 1. The van der Waals surface area contributed by atoms with E-state index in [9.17, 15) is 43.5 Å². The van der Waals surface area contributed by atoms with E-state index in [1.165, 1.54) is 12.1 Å². The standard InChI is InChI=1S/C47H76N8O9/c1-6-34(2)40(33-59)53-44(64)47(50,27-19-15-14-16-24-45(4,49)42(62)51-35(3)30-56)26-18-13-11-9-7-8-10-12-17-25-46(5,55-54-38(32-58)29-41(48)61)43(63)52-37(31-57)28-36-20-22-39(60)23-21-36/h9,11,14-15,20-23,30-35,37-38,40,54-55,60H,6-8,10,12-13,16-19,24-29,49-50H2,1-5H3,(H2,48,61)(H,51,62)(H,52,63)(H,53,64)/b11-9-,15-14-/t34-,35-,37-,38-,40+,45-,46-,47-/m0/s1. The summed E-state index contributed by atoms with van der Waals surface area (Å²) in [5, 5.41) is 17.8. The molecule has 0 saturated carbocycles. The van der Waals surface area contributed by atoms with Crippen LogP contribution in [0.1, 0.15) is 136 Å². The number of aromatic hydroxyl groups is 1. The van der Waals surface area contributed by atoms with Crippen molar-refractivity contribution in [2.75, 3.05) is 0 Å². The number of aldehydes is 4. The second-order valence-electron chi connectivity index (χ2n) is 17.5. The van der Waals surface area contributed by atoms with Gasteiger partial charge in [-0.2, -0.15) is 0 Å². The number of phenolic OH excluding ortho intramolecular Hbond substituents is 1. The fourth-order valence-electron chi connectivity index (χ4n) is 6.74. The third-order valence-corrected chi connectivity index (χ3v) is 11.4. The minimum absolute atomic E-state index is 0.0522. The lowest BCUT2D eigenvalue weighted by Crippen LogP contribution is -2.63. The van der Waals surface area contributed by atoms with Crippen LogP contribution in [-0.2, 0) is 44.8 Å². The molecule has 0 radical (unpaired) electrons. The number of hydrogen-bond acceptors (Lipinski definition) is 13. The molecule has 358 valence electrons. The molecule has 0 heterocycles. The molecule has 1 aromatic carbocycles. The number of hydrazine groups is 1. The third kappa shape index (κ3) is 22.0. The van der Waals surface area contributed by atoms with E-state index >= 15 is 0 Å². The summed E-state index contributed by atoms with van der Waals surface area (Å²) in [7, 11) is 0. The van der Waals surface area contributed by atoms with Gasteiger partial charge in [0.05, 0.1) is 35.2 Å². The first-order valence-corrected chi connectivity index (χ1v) is 22.5. The zero-order valence-electron chi connectivity index (χ0n) is 38.6. The van der Waals surface area contributed by atoms with Gasteiger partial charge in [-0.3, -0.25) is 19.2 Å². The van der Waals surface area contributed by atoms with Gasteiger partial charge in [-0.1, -0.05) is 76.0 Å². The Morgan fingerprint density at radius 2 is 1.27 bits per heavy atom. The van der Waals surface area contributed by atoms with Crippen LogP contribution in [0.3, 0.4) is 0 Å². The highest BCUT2D eigenvalue weighted by molar-refractivity contribution is 5.89. The first-order chi connectivity index (χ1) is 30.3. The van der Waals surface area contributed by atoms with E-state index in [1.807, 2.05) is 26.0 Å². The van der Waals surface area contributed by atoms with Crippen molar-refractivity contribution in [1.29, 1.82) is 0 Å². The Morgan fingerprint density at radius 1 is 0.672 bits per heavy atom. The molecule has 64 heavy (non-hydrogen) atoms. The summed E-state index contributed by atoms with van der Waals surface area (Å²) in [5.41, 5.74) is 21.0. The molecule has 4 amide bonds. The zero-order valence-corrected chi connectivity index (χ0v) is 38.6. The monoisotopic (exact) mass is 897 g/mol. The summed E-state index contributed by atoms with van der Waals surface area (Å²) < 4.78 is 0. The molecule has 0 fully saturated rings. The van der Waals surface area contributed by atoms with Gasteiger partial charge >= 0.3 is 0 Å². The molecular formula is C47H76N8O9. The van der Waals surface area contributed by atoms with Gasteiger partial charge in [0.25, 0.3) is 0 Å². The van der Waals surface area contributed by atoms with Crippen molar-refractivity contribution in [2.24, 2.45) is 23.1 Å². The lowest BCUT2D eigenvalue weighted by molar-refractivity contribution is -0.130. The van der Waals surface area contributed by atoms with E-state index in [2.05, 4.69) is 39.0 Å². The summed E-state index contributed by atoms with van der Waals surface area (Å²) in [4.78, 5) is 97.2. The Balaban J connectivity index is 2.77. The van der Waals surface area contributed by atoms with E-state index in [0.717, 1.165) is 37.5 Å². The van der Waals surface area contributed by atoms with Crippen molar-refractivity contribution in [1.82, 2.24) is 26.8 Å². The molecule has 0 aliphatic rings. The summed E-state index contributed by atoms with van der Waals surface area (Å²) in [6.45, 7) is 8.68. The fourth-order valence-corrected chi connectivity index (χ4v) is 6.74. The van der Waals surface area contributed by atoms with Gasteiger partial charge in [0.2, 0.25) is 23.6 Å². The molecule has 0 aliphatic heterocycles. The zero-order chi connectivity index (χ0) is 48.2. The second kappa shape index (κ2) is 30.1. The average Bonchev–Trinajstić information content (AvgIpc) is 3.26. The number of nitrogens with one attached hydrogen (secondary N) is 5. The highest BCUT2D eigenvalue weighted by Crippen LogP contribution is 2.22. The Kier molecular flexibility index (Phi) is 26.8. The average molecular weight is 897 g/mol. The van der Waals surface area contributed by atoms with Crippen LogP contribution in [0.4, 0.5) is 0 Å². The van der Waals surface area contributed by atoms with Gasteiger partial charge in [0, 0.05) is 6.42 Å². The molecule has 0 aromatic heterocycles. The summed E-state index contributed by atoms with van der Waals surface area (Å²) in [6.07, 6.45) is 18.9. The van der Waals surface area contributed by atoms with E-state index in [-0.39, 0.29) is 30.4 Å². The quantitative estimate of drug-likeness (QED) is 0.0203. The molecule has 0 aliphatic carbocycles. The number of unbranched alkanes of at least 4 members (excludes halogenated alkanes) is 5. The van der Waals surface area contributed by atoms with Crippen molar-refractivity contribution in [3.63, 3.8) is 0 Å². The van der Waals surface area contributed by atoms with Gasteiger partial charge < -0.3 is 57.4 Å². The number of primary amides is 1. The van der Waals surface area contributed by atoms with Gasteiger partial charge in [0.15, 0.2) is 0 Å². The number of allylic oxidation sites excluding steroid dienone is 4. The topological polar surface area (TPSA) is 295 Å². The van der Waals surface area contributed by atoms with Crippen molar-refractivity contribution >= 4 is 48.8 Å². The number of carbonyl (C=O) groups excluding carboxylic acids is 8. The van der Waals surface area contributed by atoms with E-state index < -0.39 is 58.5 Å². The number of rotatable bonds is 36. The van der Waals surface area contributed by atoms with Crippen LogP contribution < -0.4 is 44.0 Å². The van der Waals surface area contributed by atoms with Crippen molar-refractivity contribution in [3.8, 4) is 5.75 Å². The fraction of sp³-hybridized carbons (Fsp3) is 0.617. The SMILES string of the molecule is CC[C@H](C)[C@@H](C=O)NC(=O)[C@@](N)(CC/C=C\CC[C@](C)(N)C(=O)N[C@@H](C)C=O)CCC/C=C\CCCCCC[C@](C)(NN[C@H](C=O)CC(N)=O)C(=O)N[C@H](C=O)Cc1ccc(O)cc1. The Labute approximate surface area is 379 Å².